The molecular formula is C30H28N6O2S. The molecule has 1 unspecified atom stereocenters. The zero-order valence-electron chi connectivity index (χ0n) is 21.5. The predicted octanol–water partition coefficient (Wildman–Crippen LogP) is 4.95. The molecule has 0 aliphatic carbocycles. The lowest BCUT2D eigenvalue weighted by Gasteiger charge is -2.29. The minimum atomic E-state index is -0.954. The van der Waals surface area contributed by atoms with Crippen molar-refractivity contribution in [3.8, 4) is 11.1 Å². The summed E-state index contributed by atoms with van der Waals surface area (Å²) in [7, 11) is 2.17. The molecule has 1 amide bonds. The smallest absolute Gasteiger partial charge is 0.262 e. The van der Waals surface area contributed by atoms with Gasteiger partial charge in [0.25, 0.3) is 11.5 Å². The Morgan fingerprint density at radius 2 is 1.82 bits per heavy atom. The Morgan fingerprint density at radius 1 is 1.03 bits per heavy atom. The van der Waals surface area contributed by atoms with E-state index in [0.717, 1.165) is 24.2 Å². The summed E-state index contributed by atoms with van der Waals surface area (Å²) in [5.74, 6) is 0.199. The normalized spacial score (nSPS) is 15.3. The zero-order valence-corrected chi connectivity index (χ0v) is 22.3. The third-order valence-electron chi connectivity index (χ3n) is 7.41. The average molecular weight is 537 g/mol. The fourth-order valence-electron chi connectivity index (χ4n) is 5.22. The van der Waals surface area contributed by atoms with E-state index in [1.807, 2.05) is 18.2 Å². The molecule has 3 aromatic heterocycles. The SMILES string of the molecule is CN1CCC(c2ccc(-c3ccc4ncn(C(C(=O)Nc5nccs5)c5cccnc5)c(=O)c4c3)cc2)CC1. The van der Waals surface area contributed by atoms with Crippen LogP contribution in [0.25, 0.3) is 22.0 Å². The molecule has 0 radical (unpaired) electrons. The van der Waals surface area contributed by atoms with Gasteiger partial charge < -0.3 is 4.90 Å². The molecule has 1 aliphatic rings. The van der Waals surface area contributed by atoms with E-state index in [-0.39, 0.29) is 11.5 Å². The number of hydrogen-bond donors (Lipinski definition) is 1. The highest BCUT2D eigenvalue weighted by Gasteiger charge is 2.26. The topological polar surface area (TPSA) is 93.0 Å². The first kappa shape index (κ1) is 25.1. The van der Waals surface area contributed by atoms with Crippen LogP contribution in [0.4, 0.5) is 5.13 Å². The van der Waals surface area contributed by atoms with Crippen molar-refractivity contribution in [2.24, 2.45) is 0 Å². The Kier molecular flexibility index (Phi) is 7.00. The first-order valence-electron chi connectivity index (χ1n) is 13.0. The average Bonchev–Trinajstić information content (AvgIpc) is 3.48. The predicted molar refractivity (Wildman–Crippen MR) is 154 cm³/mol. The van der Waals surface area contributed by atoms with Gasteiger partial charge in [-0.3, -0.25) is 24.5 Å². The highest BCUT2D eigenvalue weighted by molar-refractivity contribution is 7.13. The van der Waals surface area contributed by atoms with Crippen molar-refractivity contribution in [2.45, 2.75) is 24.8 Å². The second-order valence-corrected chi connectivity index (χ2v) is 10.8. The van der Waals surface area contributed by atoms with Crippen LogP contribution >= 0.6 is 11.3 Å². The molecule has 1 aliphatic heterocycles. The van der Waals surface area contributed by atoms with Gasteiger partial charge in [0.1, 0.15) is 6.04 Å². The highest BCUT2D eigenvalue weighted by Crippen LogP contribution is 2.30. The summed E-state index contributed by atoms with van der Waals surface area (Å²) in [5.41, 5.74) is 4.19. The number of anilines is 1. The second-order valence-electron chi connectivity index (χ2n) is 9.90. The summed E-state index contributed by atoms with van der Waals surface area (Å²) in [6, 6.07) is 16.9. The minimum absolute atomic E-state index is 0.298. The van der Waals surface area contributed by atoms with E-state index in [0.29, 0.717) is 27.5 Å². The number of benzene rings is 2. The number of carbonyl (C=O) groups is 1. The molecule has 196 valence electrons. The first-order chi connectivity index (χ1) is 19.1. The number of rotatable bonds is 6. The van der Waals surface area contributed by atoms with Crippen LogP contribution in [0.2, 0.25) is 0 Å². The van der Waals surface area contributed by atoms with Crippen LogP contribution in [-0.2, 0) is 4.79 Å². The molecule has 0 saturated carbocycles. The molecular weight excluding hydrogens is 508 g/mol. The van der Waals surface area contributed by atoms with Crippen molar-refractivity contribution >= 4 is 33.3 Å². The summed E-state index contributed by atoms with van der Waals surface area (Å²) < 4.78 is 1.37. The Labute approximate surface area is 230 Å². The molecule has 2 aromatic carbocycles. The molecule has 8 nitrogen and oxygen atoms in total. The third kappa shape index (κ3) is 5.23. The maximum absolute atomic E-state index is 13.8. The number of aromatic nitrogens is 4. The number of fused-ring (bicyclic) bond motifs is 1. The van der Waals surface area contributed by atoms with E-state index in [9.17, 15) is 9.59 Å². The number of piperidine rings is 1. The van der Waals surface area contributed by atoms with E-state index in [1.54, 1.807) is 36.1 Å². The van der Waals surface area contributed by atoms with E-state index in [2.05, 4.69) is 56.5 Å². The maximum atomic E-state index is 13.8. The summed E-state index contributed by atoms with van der Waals surface area (Å²) in [5, 5.41) is 5.50. The van der Waals surface area contributed by atoms with Gasteiger partial charge in [0, 0.05) is 29.5 Å². The number of nitrogens with zero attached hydrogens (tertiary/aromatic N) is 5. The Balaban J connectivity index is 1.35. The molecule has 1 atom stereocenters. The maximum Gasteiger partial charge on any atom is 0.262 e. The van der Waals surface area contributed by atoms with Crippen LogP contribution in [0.5, 0.6) is 0 Å². The molecule has 5 aromatic rings. The fourth-order valence-corrected chi connectivity index (χ4v) is 5.76. The molecule has 6 rings (SSSR count). The molecule has 9 heteroatoms. The molecule has 1 N–H and O–H groups in total. The Hall–Kier alpha value is -4.21. The fraction of sp³-hybridized carbons (Fsp3) is 0.233. The van der Waals surface area contributed by atoms with Crippen LogP contribution in [0.1, 0.15) is 35.9 Å². The molecule has 1 saturated heterocycles. The number of pyridine rings is 1. The molecule has 39 heavy (non-hydrogen) atoms. The molecule has 1 fully saturated rings. The van der Waals surface area contributed by atoms with Gasteiger partial charge >= 0.3 is 0 Å². The van der Waals surface area contributed by atoms with Crippen molar-refractivity contribution in [1.82, 2.24) is 24.4 Å². The lowest BCUT2D eigenvalue weighted by Crippen LogP contribution is -2.34. The van der Waals surface area contributed by atoms with Gasteiger partial charge in [0.05, 0.1) is 17.2 Å². The van der Waals surface area contributed by atoms with Crippen LogP contribution in [-0.4, -0.2) is 50.5 Å². The summed E-state index contributed by atoms with van der Waals surface area (Å²) in [6.45, 7) is 2.25. The Morgan fingerprint density at radius 3 is 2.54 bits per heavy atom. The first-order valence-corrected chi connectivity index (χ1v) is 13.8. The number of hydrogen-bond acceptors (Lipinski definition) is 7. The number of thiazole rings is 1. The van der Waals surface area contributed by atoms with Crippen molar-refractivity contribution in [3.63, 3.8) is 0 Å². The molecule has 4 heterocycles. The number of carbonyl (C=O) groups excluding carboxylic acids is 1. The van der Waals surface area contributed by atoms with Crippen LogP contribution in [0, 0.1) is 0 Å². The van der Waals surface area contributed by atoms with E-state index in [1.165, 1.54) is 40.6 Å². The van der Waals surface area contributed by atoms with Crippen molar-refractivity contribution in [1.29, 1.82) is 0 Å². The van der Waals surface area contributed by atoms with Crippen molar-refractivity contribution in [3.05, 3.63) is 106 Å². The van der Waals surface area contributed by atoms with Gasteiger partial charge in [0.2, 0.25) is 0 Å². The largest absolute Gasteiger partial charge is 0.306 e. The highest BCUT2D eigenvalue weighted by atomic mass is 32.1. The summed E-state index contributed by atoms with van der Waals surface area (Å²) in [4.78, 5) is 42.5. The van der Waals surface area contributed by atoms with E-state index in [4.69, 9.17) is 0 Å². The monoisotopic (exact) mass is 536 g/mol. The van der Waals surface area contributed by atoms with E-state index >= 15 is 0 Å². The number of amides is 1. The Bertz CT molecular complexity index is 1640. The van der Waals surface area contributed by atoms with E-state index < -0.39 is 6.04 Å². The van der Waals surface area contributed by atoms with Gasteiger partial charge in [-0.1, -0.05) is 36.4 Å². The molecule has 0 spiro atoms. The minimum Gasteiger partial charge on any atom is -0.306 e. The van der Waals surface area contributed by atoms with Gasteiger partial charge in [-0.15, -0.1) is 11.3 Å². The lowest BCUT2D eigenvalue weighted by molar-refractivity contribution is -0.118. The van der Waals surface area contributed by atoms with Gasteiger partial charge in [-0.2, -0.15) is 0 Å². The van der Waals surface area contributed by atoms with Crippen LogP contribution < -0.4 is 10.9 Å². The van der Waals surface area contributed by atoms with Crippen LogP contribution in [0.15, 0.2) is 89.7 Å². The standard InChI is InChI=1S/C30H28N6O2S/c1-35-14-10-22(11-15-35)20-4-6-21(7-5-20)23-8-9-26-25(17-23)29(38)36(19-33-26)27(24-3-2-12-31-18-24)28(37)34-30-32-13-16-39-30/h2-9,12-13,16-19,22,27H,10-11,14-15H2,1H3,(H,32,34,37). The van der Waals surface area contributed by atoms with Crippen molar-refractivity contribution < 1.29 is 4.79 Å². The summed E-state index contributed by atoms with van der Waals surface area (Å²) >= 11 is 1.31. The second kappa shape index (κ2) is 10.9. The third-order valence-corrected chi connectivity index (χ3v) is 8.09. The van der Waals surface area contributed by atoms with Crippen LogP contribution in [0.3, 0.4) is 0 Å². The summed E-state index contributed by atoms with van der Waals surface area (Å²) in [6.07, 6.45) is 8.61. The van der Waals surface area contributed by atoms with Gasteiger partial charge in [-0.05, 0) is 73.8 Å². The number of nitrogens with one attached hydrogen (secondary N) is 1. The van der Waals surface area contributed by atoms with Gasteiger partial charge in [-0.25, -0.2) is 9.97 Å². The number of likely N-dealkylation sites (tertiary alicyclic amines) is 1. The quantitative estimate of drug-likeness (QED) is 0.330. The molecule has 0 bridgehead atoms. The van der Waals surface area contributed by atoms with Crippen molar-refractivity contribution in [2.75, 3.05) is 25.5 Å². The zero-order chi connectivity index (χ0) is 26.8. The lowest BCUT2D eigenvalue weighted by atomic mass is 9.88. The van der Waals surface area contributed by atoms with Gasteiger partial charge in [0.15, 0.2) is 5.13 Å².